The lowest BCUT2D eigenvalue weighted by molar-refractivity contribution is -0.882. The second-order valence-electron chi connectivity index (χ2n) is 2.59. The summed E-state index contributed by atoms with van der Waals surface area (Å²) in [5.41, 5.74) is 0. The summed E-state index contributed by atoms with van der Waals surface area (Å²) in [5, 5.41) is 11.5. The average molecular weight is 143 g/mol. The Morgan fingerprint density at radius 3 is 2.60 bits per heavy atom. The molecular weight excluding hydrogens is 130 g/mol. The second kappa shape index (κ2) is 3.14. The third-order valence-corrected chi connectivity index (χ3v) is 1.75. The number of quaternary nitrogens is 1. The molecule has 3 nitrogen and oxygen atoms in total. The van der Waals surface area contributed by atoms with Crippen LogP contribution < -0.4 is 0 Å². The zero-order chi connectivity index (χ0) is 7.45. The van der Waals surface area contributed by atoms with Crippen LogP contribution in [0.25, 0.3) is 0 Å². The van der Waals surface area contributed by atoms with Crippen molar-refractivity contribution in [2.75, 3.05) is 32.8 Å². The van der Waals surface area contributed by atoms with E-state index in [4.69, 9.17) is 4.74 Å². The van der Waals surface area contributed by atoms with E-state index in [1.807, 2.05) is 0 Å². The van der Waals surface area contributed by atoms with E-state index in [1.165, 1.54) is 0 Å². The molecule has 0 spiro atoms. The van der Waals surface area contributed by atoms with E-state index in [0.29, 0.717) is 32.8 Å². The summed E-state index contributed by atoms with van der Waals surface area (Å²) in [5.74, 6) is 0. The lowest BCUT2D eigenvalue weighted by Crippen LogP contribution is -2.50. The Bertz CT molecular complexity index is 119. The number of ether oxygens (including phenoxy) is 1. The molecule has 3 heteroatoms. The van der Waals surface area contributed by atoms with Gasteiger partial charge in [-0.1, -0.05) is 6.58 Å². The number of hydrogen-bond acceptors (Lipinski definition) is 2. The number of rotatable bonds is 2. The van der Waals surface area contributed by atoms with Crippen LogP contribution in [0.2, 0.25) is 0 Å². The van der Waals surface area contributed by atoms with Crippen LogP contribution in [-0.2, 0) is 4.74 Å². The normalized spacial score (nSPS) is 24.1. The Morgan fingerprint density at radius 2 is 2.10 bits per heavy atom. The zero-order valence-electron chi connectivity index (χ0n) is 6.08. The van der Waals surface area contributed by atoms with Gasteiger partial charge in [0.15, 0.2) is 0 Å². The standard InChI is InChI=1S/C7H13NO2/c1-2-3-8(9)4-6-10-7-5-8/h2H,1,3-7H2. The summed E-state index contributed by atoms with van der Waals surface area (Å²) in [7, 11) is 0. The first-order valence-corrected chi connectivity index (χ1v) is 3.53. The molecule has 1 heterocycles. The van der Waals surface area contributed by atoms with Crippen molar-refractivity contribution in [2.45, 2.75) is 0 Å². The fourth-order valence-corrected chi connectivity index (χ4v) is 1.09. The molecule has 0 aliphatic carbocycles. The van der Waals surface area contributed by atoms with Crippen LogP contribution in [0, 0.1) is 5.21 Å². The van der Waals surface area contributed by atoms with Crippen LogP contribution in [0.15, 0.2) is 12.7 Å². The molecule has 1 rings (SSSR count). The third kappa shape index (κ3) is 1.80. The minimum Gasteiger partial charge on any atom is -0.632 e. The van der Waals surface area contributed by atoms with Crippen LogP contribution in [0.5, 0.6) is 0 Å². The molecule has 0 unspecified atom stereocenters. The van der Waals surface area contributed by atoms with Gasteiger partial charge in [0.05, 0.1) is 19.8 Å². The quantitative estimate of drug-likeness (QED) is 0.320. The highest BCUT2D eigenvalue weighted by molar-refractivity contribution is 4.67. The number of morpholine rings is 1. The molecule has 1 aliphatic heterocycles. The van der Waals surface area contributed by atoms with Crippen LogP contribution in [0.1, 0.15) is 0 Å². The van der Waals surface area contributed by atoms with Gasteiger partial charge in [0, 0.05) is 0 Å². The lowest BCUT2D eigenvalue weighted by Gasteiger charge is -2.44. The first-order valence-electron chi connectivity index (χ1n) is 3.53. The topological polar surface area (TPSA) is 32.3 Å². The first-order chi connectivity index (χ1) is 4.77. The third-order valence-electron chi connectivity index (χ3n) is 1.75. The highest BCUT2D eigenvalue weighted by atomic mass is 16.6. The summed E-state index contributed by atoms with van der Waals surface area (Å²) in [6.45, 7) is 6.40. The van der Waals surface area contributed by atoms with Gasteiger partial charge in [0.2, 0.25) is 0 Å². The Hall–Kier alpha value is -0.380. The summed E-state index contributed by atoms with van der Waals surface area (Å²) < 4.78 is 4.91. The van der Waals surface area contributed by atoms with Crippen LogP contribution in [-0.4, -0.2) is 37.5 Å². The van der Waals surface area contributed by atoms with Crippen molar-refractivity contribution in [1.82, 2.24) is 0 Å². The molecule has 0 bridgehead atoms. The average Bonchev–Trinajstić information content (AvgIpc) is 1.89. The highest BCUT2D eigenvalue weighted by Crippen LogP contribution is 2.07. The second-order valence-corrected chi connectivity index (χ2v) is 2.59. The Morgan fingerprint density at radius 1 is 1.50 bits per heavy atom. The summed E-state index contributed by atoms with van der Waals surface area (Å²) in [4.78, 5) is 0. The van der Waals surface area contributed by atoms with Crippen molar-refractivity contribution in [2.24, 2.45) is 0 Å². The minimum absolute atomic E-state index is 0.149. The molecule has 0 aromatic rings. The van der Waals surface area contributed by atoms with Crippen molar-refractivity contribution < 1.29 is 9.38 Å². The molecule has 0 N–H and O–H groups in total. The summed E-state index contributed by atoms with van der Waals surface area (Å²) in [6, 6.07) is 0. The monoisotopic (exact) mass is 143 g/mol. The highest BCUT2D eigenvalue weighted by Gasteiger charge is 2.18. The van der Waals surface area contributed by atoms with Gasteiger partial charge in [-0.2, -0.15) is 0 Å². The largest absolute Gasteiger partial charge is 0.632 e. The molecule has 1 aliphatic rings. The van der Waals surface area contributed by atoms with E-state index in [2.05, 4.69) is 6.58 Å². The lowest BCUT2D eigenvalue weighted by atomic mass is 10.4. The molecule has 0 amide bonds. The van der Waals surface area contributed by atoms with Gasteiger partial charge < -0.3 is 14.6 Å². The number of hydrogen-bond donors (Lipinski definition) is 0. The van der Waals surface area contributed by atoms with E-state index < -0.39 is 0 Å². The fourth-order valence-electron chi connectivity index (χ4n) is 1.09. The summed E-state index contributed by atoms with van der Waals surface area (Å²) in [6.07, 6.45) is 1.68. The number of hydroxylamine groups is 3. The van der Waals surface area contributed by atoms with E-state index in [-0.39, 0.29) is 4.65 Å². The predicted molar refractivity (Wildman–Crippen MR) is 39.2 cm³/mol. The van der Waals surface area contributed by atoms with Gasteiger partial charge in [-0.3, -0.25) is 0 Å². The molecule has 1 saturated heterocycles. The van der Waals surface area contributed by atoms with Crippen molar-refractivity contribution in [1.29, 1.82) is 0 Å². The fraction of sp³-hybridized carbons (Fsp3) is 0.714. The molecule has 0 aromatic carbocycles. The first kappa shape index (κ1) is 7.72. The van der Waals surface area contributed by atoms with Gasteiger partial charge in [-0.25, -0.2) is 0 Å². The SMILES string of the molecule is C=CC[N+]1([O-])CCOCC1. The molecule has 0 radical (unpaired) electrons. The molecule has 10 heavy (non-hydrogen) atoms. The molecule has 0 aromatic heterocycles. The van der Waals surface area contributed by atoms with Gasteiger partial charge in [-0.05, 0) is 6.08 Å². The van der Waals surface area contributed by atoms with Crippen molar-refractivity contribution in [3.05, 3.63) is 17.9 Å². The van der Waals surface area contributed by atoms with Crippen LogP contribution >= 0.6 is 0 Å². The predicted octanol–water partition coefficient (Wildman–Crippen LogP) is 0.517. The molecule has 0 atom stereocenters. The van der Waals surface area contributed by atoms with E-state index in [1.54, 1.807) is 6.08 Å². The van der Waals surface area contributed by atoms with Gasteiger partial charge in [0.25, 0.3) is 0 Å². The molecular formula is C7H13NO2. The van der Waals surface area contributed by atoms with Crippen molar-refractivity contribution in [3.63, 3.8) is 0 Å². The minimum atomic E-state index is -0.149. The Kier molecular flexibility index (Phi) is 2.43. The van der Waals surface area contributed by atoms with E-state index in [9.17, 15) is 5.21 Å². The maximum absolute atomic E-state index is 11.5. The Labute approximate surface area is 61.1 Å². The van der Waals surface area contributed by atoms with E-state index >= 15 is 0 Å². The van der Waals surface area contributed by atoms with Crippen LogP contribution in [0.4, 0.5) is 0 Å². The Balaban J connectivity index is 2.39. The van der Waals surface area contributed by atoms with Crippen LogP contribution in [0.3, 0.4) is 0 Å². The summed E-state index contributed by atoms with van der Waals surface area (Å²) >= 11 is 0. The van der Waals surface area contributed by atoms with E-state index in [0.717, 1.165) is 0 Å². The smallest absolute Gasteiger partial charge is 0.102 e. The van der Waals surface area contributed by atoms with Gasteiger partial charge >= 0.3 is 0 Å². The maximum Gasteiger partial charge on any atom is 0.102 e. The molecule has 1 fully saturated rings. The van der Waals surface area contributed by atoms with Gasteiger partial charge in [0.1, 0.15) is 13.1 Å². The van der Waals surface area contributed by atoms with Crippen molar-refractivity contribution in [3.8, 4) is 0 Å². The van der Waals surface area contributed by atoms with Crippen molar-refractivity contribution >= 4 is 0 Å². The van der Waals surface area contributed by atoms with Gasteiger partial charge in [-0.15, -0.1) is 0 Å². The zero-order valence-corrected chi connectivity index (χ0v) is 6.08. The number of nitrogens with zero attached hydrogens (tertiary/aromatic N) is 1. The molecule has 58 valence electrons. The molecule has 0 saturated carbocycles. The maximum atomic E-state index is 11.5.